The van der Waals surface area contributed by atoms with Crippen molar-refractivity contribution in [3.05, 3.63) is 72.8 Å². The lowest BCUT2D eigenvalue weighted by Gasteiger charge is -2.37. The Hall–Kier alpha value is -2.85. The van der Waals surface area contributed by atoms with Crippen LogP contribution >= 0.6 is 0 Å². The molecule has 0 radical (unpaired) electrons. The van der Waals surface area contributed by atoms with Crippen LogP contribution in [0, 0.1) is 5.92 Å². The van der Waals surface area contributed by atoms with Gasteiger partial charge in [-0.1, -0.05) is 19.1 Å². The third-order valence-electron chi connectivity index (χ3n) is 6.33. The topological polar surface area (TPSA) is 95.9 Å². The zero-order chi connectivity index (χ0) is 25.0. The van der Waals surface area contributed by atoms with Crippen molar-refractivity contribution in [1.29, 1.82) is 0 Å². The standard InChI is InChI=1S/C26H32N4O4S/c1-19-15-30(20(2)18-31)35(32,33)26-8-7-22(21-9-12-27-13-10-21)14-24(26)34-25(19)17-29(3)16-23-6-4-5-11-28-23/h4-14,19-20,25,31H,15-18H2,1-3H3/t19-,20-,25-/m1/s1. The summed E-state index contributed by atoms with van der Waals surface area (Å²) in [6.45, 7) is 4.92. The third kappa shape index (κ3) is 5.70. The maximum Gasteiger partial charge on any atom is 0.247 e. The van der Waals surface area contributed by atoms with Crippen molar-refractivity contribution in [3.8, 4) is 16.9 Å². The number of nitrogens with zero attached hydrogens (tertiary/aromatic N) is 4. The summed E-state index contributed by atoms with van der Waals surface area (Å²) in [6.07, 6.45) is 4.89. The Morgan fingerprint density at radius 3 is 2.60 bits per heavy atom. The molecular formula is C26H32N4O4S. The van der Waals surface area contributed by atoms with Crippen LogP contribution in [0.4, 0.5) is 0 Å². The van der Waals surface area contributed by atoms with E-state index in [1.165, 1.54) is 4.31 Å². The maximum absolute atomic E-state index is 13.6. The van der Waals surface area contributed by atoms with Gasteiger partial charge >= 0.3 is 0 Å². The number of aliphatic hydroxyl groups is 1. The number of aliphatic hydroxyl groups excluding tert-OH is 1. The fourth-order valence-electron chi connectivity index (χ4n) is 4.31. The van der Waals surface area contributed by atoms with Gasteiger partial charge in [-0.3, -0.25) is 14.9 Å². The van der Waals surface area contributed by atoms with Crippen LogP contribution in [0.3, 0.4) is 0 Å². The Labute approximate surface area is 207 Å². The van der Waals surface area contributed by atoms with Crippen LogP contribution < -0.4 is 4.74 Å². The lowest BCUT2D eigenvalue weighted by Crippen LogP contribution is -2.49. The van der Waals surface area contributed by atoms with E-state index in [9.17, 15) is 13.5 Å². The molecule has 0 spiro atoms. The highest BCUT2D eigenvalue weighted by atomic mass is 32.2. The molecule has 3 heterocycles. The van der Waals surface area contributed by atoms with Gasteiger partial charge in [-0.15, -0.1) is 0 Å². The Kier molecular flexibility index (Phi) is 7.81. The second kappa shape index (κ2) is 10.8. The van der Waals surface area contributed by atoms with Gasteiger partial charge in [0.2, 0.25) is 10.0 Å². The lowest BCUT2D eigenvalue weighted by molar-refractivity contribution is 0.0731. The Morgan fingerprint density at radius 1 is 1.14 bits per heavy atom. The Balaban J connectivity index is 1.72. The number of ether oxygens (including phenoxy) is 1. The molecule has 1 N–H and O–H groups in total. The molecule has 186 valence electrons. The van der Waals surface area contributed by atoms with Crippen LogP contribution in [0.25, 0.3) is 11.1 Å². The summed E-state index contributed by atoms with van der Waals surface area (Å²) in [5.41, 5.74) is 2.72. The molecule has 2 aromatic heterocycles. The highest BCUT2D eigenvalue weighted by Gasteiger charge is 2.38. The predicted molar refractivity (Wildman–Crippen MR) is 134 cm³/mol. The van der Waals surface area contributed by atoms with E-state index in [0.29, 0.717) is 18.8 Å². The molecule has 35 heavy (non-hydrogen) atoms. The van der Waals surface area contributed by atoms with Gasteiger partial charge in [-0.2, -0.15) is 4.31 Å². The highest BCUT2D eigenvalue weighted by molar-refractivity contribution is 7.89. The molecular weight excluding hydrogens is 464 g/mol. The van der Waals surface area contributed by atoms with Gasteiger partial charge in [-0.25, -0.2) is 8.42 Å². The van der Waals surface area contributed by atoms with Gasteiger partial charge in [0.25, 0.3) is 0 Å². The fraction of sp³-hybridized carbons (Fsp3) is 0.385. The van der Waals surface area contributed by atoms with Crippen molar-refractivity contribution in [2.75, 3.05) is 26.7 Å². The minimum Gasteiger partial charge on any atom is -0.487 e. The van der Waals surface area contributed by atoms with Gasteiger partial charge < -0.3 is 9.84 Å². The van der Waals surface area contributed by atoms with E-state index in [2.05, 4.69) is 14.9 Å². The number of fused-ring (bicyclic) bond motifs is 1. The highest BCUT2D eigenvalue weighted by Crippen LogP contribution is 2.36. The monoisotopic (exact) mass is 496 g/mol. The molecule has 1 aliphatic heterocycles. The van der Waals surface area contributed by atoms with Crippen molar-refractivity contribution >= 4 is 10.0 Å². The molecule has 0 unspecified atom stereocenters. The molecule has 8 nitrogen and oxygen atoms in total. The van der Waals surface area contributed by atoms with Crippen molar-refractivity contribution in [2.45, 2.75) is 37.4 Å². The first kappa shape index (κ1) is 25.2. The summed E-state index contributed by atoms with van der Waals surface area (Å²) < 4.78 is 35.2. The first-order valence-electron chi connectivity index (χ1n) is 11.7. The van der Waals surface area contributed by atoms with Crippen LogP contribution in [-0.2, 0) is 16.6 Å². The van der Waals surface area contributed by atoms with Crippen LogP contribution in [-0.4, -0.2) is 71.6 Å². The fourth-order valence-corrected chi connectivity index (χ4v) is 6.13. The van der Waals surface area contributed by atoms with E-state index in [0.717, 1.165) is 16.8 Å². The number of sulfonamides is 1. The molecule has 1 aromatic carbocycles. The van der Waals surface area contributed by atoms with Gasteiger partial charge in [0, 0.05) is 50.2 Å². The number of hydrogen-bond acceptors (Lipinski definition) is 7. The molecule has 0 saturated heterocycles. The Morgan fingerprint density at radius 2 is 1.91 bits per heavy atom. The van der Waals surface area contributed by atoms with Gasteiger partial charge in [0.05, 0.1) is 12.3 Å². The maximum atomic E-state index is 13.6. The summed E-state index contributed by atoms with van der Waals surface area (Å²) in [5, 5.41) is 9.83. The number of benzene rings is 1. The van der Waals surface area contributed by atoms with Crippen molar-refractivity contribution < 1.29 is 18.3 Å². The van der Waals surface area contributed by atoms with E-state index in [-0.39, 0.29) is 30.1 Å². The smallest absolute Gasteiger partial charge is 0.247 e. The molecule has 9 heteroatoms. The Bertz CT molecular complexity index is 1220. The molecule has 0 amide bonds. The summed E-state index contributed by atoms with van der Waals surface area (Å²) in [4.78, 5) is 10.7. The summed E-state index contributed by atoms with van der Waals surface area (Å²) >= 11 is 0. The first-order valence-corrected chi connectivity index (χ1v) is 13.2. The van der Waals surface area contributed by atoms with Gasteiger partial charge in [-0.05, 0) is 61.5 Å². The summed E-state index contributed by atoms with van der Waals surface area (Å²) in [6, 6.07) is 14.2. The van der Waals surface area contributed by atoms with E-state index in [1.807, 2.05) is 44.3 Å². The zero-order valence-electron chi connectivity index (χ0n) is 20.3. The average Bonchev–Trinajstić information content (AvgIpc) is 2.86. The normalized spacial score (nSPS) is 20.9. The number of hydrogen-bond donors (Lipinski definition) is 1. The van der Waals surface area contributed by atoms with Crippen LogP contribution in [0.1, 0.15) is 19.5 Å². The SMILES string of the molecule is C[C@@H]1CN([C@H](C)CO)S(=O)(=O)c2ccc(-c3ccncc3)cc2O[C@@H]1CN(C)Cc1ccccn1. The van der Waals surface area contributed by atoms with Crippen molar-refractivity contribution in [2.24, 2.45) is 5.92 Å². The minimum absolute atomic E-state index is 0.111. The lowest BCUT2D eigenvalue weighted by atomic mass is 10.0. The molecule has 4 rings (SSSR count). The van der Waals surface area contributed by atoms with E-state index in [1.54, 1.807) is 43.7 Å². The third-order valence-corrected chi connectivity index (χ3v) is 8.35. The van der Waals surface area contributed by atoms with E-state index in [4.69, 9.17) is 4.74 Å². The van der Waals surface area contributed by atoms with E-state index >= 15 is 0 Å². The van der Waals surface area contributed by atoms with Crippen molar-refractivity contribution in [3.63, 3.8) is 0 Å². The molecule has 0 saturated carbocycles. The average molecular weight is 497 g/mol. The number of likely N-dealkylation sites (N-methyl/N-ethyl adjacent to an activating group) is 1. The molecule has 0 aliphatic carbocycles. The zero-order valence-corrected chi connectivity index (χ0v) is 21.1. The number of pyridine rings is 2. The second-order valence-corrected chi connectivity index (χ2v) is 11.0. The van der Waals surface area contributed by atoms with Crippen LogP contribution in [0.2, 0.25) is 0 Å². The summed E-state index contributed by atoms with van der Waals surface area (Å²) in [5.74, 6) is 0.194. The van der Waals surface area contributed by atoms with Gasteiger partial charge in [0.1, 0.15) is 16.7 Å². The van der Waals surface area contributed by atoms with Crippen molar-refractivity contribution in [1.82, 2.24) is 19.2 Å². The quantitative estimate of drug-likeness (QED) is 0.537. The molecule has 0 fully saturated rings. The van der Waals surface area contributed by atoms with Crippen LogP contribution in [0.15, 0.2) is 72.0 Å². The molecule has 0 bridgehead atoms. The largest absolute Gasteiger partial charge is 0.487 e. The van der Waals surface area contributed by atoms with Gasteiger partial charge in [0.15, 0.2) is 0 Å². The molecule has 1 aliphatic rings. The second-order valence-electron chi connectivity index (χ2n) is 9.16. The van der Waals surface area contributed by atoms with E-state index < -0.39 is 16.1 Å². The molecule has 3 aromatic rings. The summed E-state index contributed by atoms with van der Waals surface area (Å²) in [7, 11) is -1.87. The number of rotatable bonds is 7. The molecule has 3 atom stereocenters. The predicted octanol–water partition coefficient (Wildman–Crippen LogP) is 3.04. The number of aromatic nitrogens is 2. The minimum atomic E-state index is -3.87. The van der Waals surface area contributed by atoms with Crippen LogP contribution in [0.5, 0.6) is 5.75 Å². The first-order chi connectivity index (χ1) is 16.8.